The van der Waals surface area contributed by atoms with E-state index in [4.69, 9.17) is 5.73 Å². The van der Waals surface area contributed by atoms with E-state index in [0.29, 0.717) is 6.54 Å². The van der Waals surface area contributed by atoms with Gasteiger partial charge in [0.1, 0.15) is 0 Å². The molecule has 0 bridgehead atoms. The SMILES string of the molecule is Cc1ccc(C)c(Sc2ccc(CCN)cc2Br)c1. The number of hydrogen-bond acceptors (Lipinski definition) is 2. The molecule has 0 aliphatic heterocycles. The Morgan fingerprint density at radius 1 is 1.05 bits per heavy atom. The molecule has 0 saturated carbocycles. The second kappa shape index (κ2) is 6.60. The van der Waals surface area contributed by atoms with Crippen molar-refractivity contribution in [3.63, 3.8) is 0 Å². The standard InChI is InChI=1S/C16H18BrNS/c1-11-3-4-12(2)16(9-11)19-15-6-5-13(7-8-18)10-14(15)17/h3-6,9-10H,7-8,18H2,1-2H3. The Bertz CT molecular complexity index is 581. The molecule has 0 aliphatic carbocycles. The average molecular weight is 336 g/mol. The van der Waals surface area contributed by atoms with Gasteiger partial charge in [-0.2, -0.15) is 0 Å². The van der Waals surface area contributed by atoms with Crippen LogP contribution in [0.3, 0.4) is 0 Å². The molecule has 0 radical (unpaired) electrons. The largest absolute Gasteiger partial charge is 0.330 e. The summed E-state index contributed by atoms with van der Waals surface area (Å²) in [7, 11) is 0. The van der Waals surface area contributed by atoms with Crippen LogP contribution in [0.5, 0.6) is 0 Å². The van der Waals surface area contributed by atoms with Crippen LogP contribution in [0.1, 0.15) is 16.7 Å². The van der Waals surface area contributed by atoms with Gasteiger partial charge in [0.15, 0.2) is 0 Å². The van der Waals surface area contributed by atoms with Crippen molar-refractivity contribution in [1.29, 1.82) is 0 Å². The number of rotatable bonds is 4. The summed E-state index contributed by atoms with van der Waals surface area (Å²) in [5.41, 5.74) is 9.47. The van der Waals surface area contributed by atoms with Gasteiger partial charge in [0.25, 0.3) is 0 Å². The highest BCUT2D eigenvalue weighted by Gasteiger charge is 2.06. The molecule has 2 aromatic rings. The van der Waals surface area contributed by atoms with Crippen LogP contribution in [-0.4, -0.2) is 6.54 Å². The molecular formula is C16H18BrNS. The van der Waals surface area contributed by atoms with Crippen LogP contribution in [0.2, 0.25) is 0 Å². The molecule has 0 saturated heterocycles. The number of aryl methyl sites for hydroxylation is 2. The molecule has 19 heavy (non-hydrogen) atoms. The summed E-state index contributed by atoms with van der Waals surface area (Å²) < 4.78 is 1.14. The van der Waals surface area contributed by atoms with Crippen molar-refractivity contribution in [3.05, 3.63) is 57.6 Å². The first-order valence-corrected chi connectivity index (χ1v) is 7.94. The Hall–Kier alpha value is -0.770. The van der Waals surface area contributed by atoms with E-state index in [-0.39, 0.29) is 0 Å². The minimum absolute atomic E-state index is 0.690. The lowest BCUT2D eigenvalue weighted by atomic mass is 10.1. The van der Waals surface area contributed by atoms with Crippen molar-refractivity contribution in [2.75, 3.05) is 6.54 Å². The molecule has 2 rings (SSSR count). The molecule has 2 aromatic carbocycles. The van der Waals surface area contributed by atoms with Gasteiger partial charge in [0.05, 0.1) is 0 Å². The molecule has 100 valence electrons. The number of benzene rings is 2. The van der Waals surface area contributed by atoms with E-state index >= 15 is 0 Å². The van der Waals surface area contributed by atoms with Crippen LogP contribution in [0.4, 0.5) is 0 Å². The molecule has 3 heteroatoms. The maximum atomic E-state index is 5.59. The zero-order chi connectivity index (χ0) is 13.8. The molecule has 0 unspecified atom stereocenters. The van der Waals surface area contributed by atoms with Gasteiger partial charge in [-0.15, -0.1) is 0 Å². The first-order chi connectivity index (χ1) is 9.10. The van der Waals surface area contributed by atoms with Gasteiger partial charge in [0, 0.05) is 14.3 Å². The maximum Gasteiger partial charge on any atom is 0.0317 e. The number of nitrogens with two attached hydrogens (primary N) is 1. The molecule has 0 aromatic heterocycles. The predicted molar refractivity (Wildman–Crippen MR) is 86.9 cm³/mol. The second-order valence-corrected chi connectivity index (χ2v) is 6.61. The number of hydrogen-bond donors (Lipinski definition) is 1. The van der Waals surface area contributed by atoms with E-state index in [1.807, 2.05) is 0 Å². The topological polar surface area (TPSA) is 26.0 Å². The van der Waals surface area contributed by atoms with Gasteiger partial charge in [-0.1, -0.05) is 30.0 Å². The lowest BCUT2D eigenvalue weighted by Crippen LogP contribution is -2.02. The first-order valence-electron chi connectivity index (χ1n) is 6.34. The Labute approximate surface area is 127 Å². The first kappa shape index (κ1) is 14.6. The van der Waals surface area contributed by atoms with Crippen molar-refractivity contribution < 1.29 is 0 Å². The monoisotopic (exact) mass is 335 g/mol. The van der Waals surface area contributed by atoms with Crippen molar-refractivity contribution >= 4 is 27.7 Å². The van der Waals surface area contributed by atoms with Gasteiger partial charge in [-0.3, -0.25) is 0 Å². The van der Waals surface area contributed by atoms with Crippen LogP contribution in [0, 0.1) is 13.8 Å². The van der Waals surface area contributed by atoms with Crippen LogP contribution in [0.15, 0.2) is 50.7 Å². The Kier molecular flexibility index (Phi) is 5.08. The summed E-state index contributed by atoms with van der Waals surface area (Å²) >= 11 is 5.46. The van der Waals surface area contributed by atoms with Gasteiger partial charge in [-0.25, -0.2) is 0 Å². The third kappa shape index (κ3) is 3.85. The summed E-state index contributed by atoms with van der Waals surface area (Å²) in [4.78, 5) is 2.56. The fourth-order valence-corrected chi connectivity index (χ4v) is 3.56. The summed E-state index contributed by atoms with van der Waals surface area (Å²) in [5.74, 6) is 0. The fraction of sp³-hybridized carbons (Fsp3) is 0.250. The van der Waals surface area contributed by atoms with Gasteiger partial charge < -0.3 is 5.73 Å². The fourth-order valence-electron chi connectivity index (χ4n) is 1.89. The summed E-state index contributed by atoms with van der Waals surface area (Å²) in [5, 5.41) is 0. The Morgan fingerprint density at radius 3 is 2.53 bits per heavy atom. The van der Waals surface area contributed by atoms with E-state index in [1.165, 1.54) is 26.5 Å². The highest BCUT2D eigenvalue weighted by Crippen LogP contribution is 2.36. The lowest BCUT2D eigenvalue weighted by molar-refractivity contribution is 0.965. The minimum Gasteiger partial charge on any atom is -0.330 e. The zero-order valence-electron chi connectivity index (χ0n) is 11.2. The van der Waals surface area contributed by atoms with Crippen LogP contribution >= 0.6 is 27.7 Å². The Morgan fingerprint density at radius 2 is 1.84 bits per heavy atom. The molecule has 0 fully saturated rings. The molecule has 0 spiro atoms. The summed E-state index contributed by atoms with van der Waals surface area (Å²) in [6, 6.07) is 13.1. The molecule has 0 aliphatic rings. The molecule has 0 atom stereocenters. The highest BCUT2D eigenvalue weighted by molar-refractivity contribution is 9.10. The zero-order valence-corrected chi connectivity index (χ0v) is 13.6. The third-order valence-corrected chi connectivity index (χ3v) is 5.15. The molecule has 0 amide bonds. The van der Waals surface area contributed by atoms with E-state index < -0.39 is 0 Å². The smallest absolute Gasteiger partial charge is 0.0317 e. The molecule has 2 N–H and O–H groups in total. The Balaban J connectivity index is 2.25. The van der Waals surface area contributed by atoms with Gasteiger partial charge >= 0.3 is 0 Å². The minimum atomic E-state index is 0.690. The van der Waals surface area contributed by atoms with Crippen LogP contribution in [0.25, 0.3) is 0 Å². The molecule has 0 heterocycles. The van der Waals surface area contributed by atoms with E-state index in [1.54, 1.807) is 11.8 Å². The maximum absolute atomic E-state index is 5.59. The van der Waals surface area contributed by atoms with Gasteiger partial charge in [-0.05, 0) is 77.6 Å². The third-order valence-electron chi connectivity index (χ3n) is 2.99. The van der Waals surface area contributed by atoms with Crippen LogP contribution < -0.4 is 5.73 Å². The molecule has 1 nitrogen and oxygen atoms in total. The number of halogens is 1. The van der Waals surface area contributed by atoms with E-state index in [2.05, 4.69) is 66.2 Å². The van der Waals surface area contributed by atoms with E-state index in [0.717, 1.165) is 10.9 Å². The predicted octanol–water partition coefficient (Wildman–Crippen LogP) is 4.72. The van der Waals surface area contributed by atoms with Crippen molar-refractivity contribution in [1.82, 2.24) is 0 Å². The summed E-state index contributed by atoms with van der Waals surface area (Å²) in [6.07, 6.45) is 0.924. The normalized spacial score (nSPS) is 10.7. The van der Waals surface area contributed by atoms with Gasteiger partial charge in [0.2, 0.25) is 0 Å². The van der Waals surface area contributed by atoms with Crippen LogP contribution in [-0.2, 0) is 6.42 Å². The second-order valence-electron chi connectivity index (χ2n) is 4.67. The average Bonchev–Trinajstić information content (AvgIpc) is 2.37. The molecular weight excluding hydrogens is 318 g/mol. The summed E-state index contributed by atoms with van der Waals surface area (Å²) in [6.45, 7) is 4.97. The quantitative estimate of drug-likeness (QED) is 0.874. The highest BCUT2D eigenvalue weighted by atomic mass is 79.9. The van der Waals surface area contributed by atoms with Crippen molar-refractivity contribution in [2.24, 2.45) is 5.73 Å². The lowest BCUT2D eigenvalue weighted by Gasteiger charge is -2.09. The van der Waals surface area contributed by atoms with Crippen molar-refractivity contribution in [3.8, 4) is 0 Å². The van der Waals surface area contributed by atoms with Crippen molar-refractivity contribution in [2.45, 2.75) is 30.1 Å². The van der Waals surface area contributed by atoms with E-state index in [9.17, 15) is 0 Å².